The largest absolute Gasteiger partial charge is 0.345 e. The van der Waals surface area contributed by atoms with Crippen molar-refractivity contribution in [2.75, 3.05) is 14.1 Å². The van der Waals surface area contributed by atoms with E-state index in [0.29, 0.717) is 0 Å². The maximum absolute atomic E-state index is 11.9. The Bertz CT molecular complexity index is 544. The summed E-state index contributed by atoms with van der Waals surface area (Å²) in [6.07, 6.45) is 7.78. The van der Waals surface area contributed by atoms with Crippen molar-refractivity contribution in [3.63, 3.8) is 0 Å². The predicted molar refractivity (Wildman–Crippen MR) is 79.7 cm³/mol. The molecule has 0 N–H and O–H groups in total. The molecule has 1 aromatic carbocycles. The molecule has 0 radical (unpaired) electrons. The lowest BCUT2D eigenvalue weighted by Gasteiger charge is -2.19. The molecular weight excluding hydrogens is 250 g/mol. The third kappa shape index (κ3) is 3.07. The standard InChI is InChI=1S/C16H21N3O/c1-4-5-15(19-11-10-17-12-19)13-6-8-14(9-7-13)16(20)18(2)3/h6-12,15H,4-5H2,1-3H3. The molecule has 0 aliphatic heterocycles. The zero-order valence-electron chi connectivity index (χ0n) is 12.3. The minimum atomic E-state index is 0.0335. The SMILES string of the molecule is CCCC(c1ccc(C(=O)N(C)C)cc1)n1ccnc1. The second-order valence-corrected chi connectivity index (χ2v) is 5.14. The van der Waals surface area contributed by atoms with Crippen LogP contribution in [0.4, 0.5) is 0 Å². The van der Waals surface area contributed by atoms with Crippen molar-refractivity contribution in [1.82, 2.24) is 14.5 Å². The molecule has 1 unspecified atom stereocenters. The van der Waals surface area contributed by atoms with E-state index in [1.165, 1.54) is 5.56 Å². The van der Waals surface area contributed by atoms with Gasteiger partial charge >= 0.3 is 0 Å². The monoisotopic (exact) mass is 271 g/mol. The highest BCUT2D eigenvalue weighted by atomic mass is 16.2. The van der Waals surface area contributed by atoms with Crippen LogP contribution >= 0.6 is 0 Å². The van der Waals surface area contributed by atoms with Crippen LogP contribution in [-0.2, 0) is 0 Å². The van der Waals surface area contributed by atoms with Crippen LogP contribution in [0, 0.1) is 0 Å². The molecule has 4 nitrogen and oxygen atoms in total. The Balaban J connectivity index is 2.25. The molecule has 0 aliphatic rings. The van der Waals surface area contributed by atoms with Gasteiger partial charge in [-0.05, 0) is 24.1 Å². The average Bonchev–Trinajstić information content (AvgIpc) is 2.98. The van der Waals surface area contributed by atoms with Gasteiger partial charge in [-0.1, -0.05) is 25.5 Å². The lowest BCUT2D eigenvalue weighted by molar-refractivity contribution is 0.0827. The summed E-state index contributed by atoms with van der Waals surface area (Å²) in [5, 5.41) is 0. The van der Waals surface area contributed by atoms with Crippen LogP contribution in [-0.4, -0.2) is 34.5 Å². The molecule has 106 valence electrons. The van der Waals surface area contributed by atoms with Crippen LogP contribution in [0.5, 0.6) is 0 Å². The van der Waals surface area contributed by atoms with Crippen LogP contribution in [0.2, 0.25) is 0 Å². The third-order valence-corrected chi connectivity index (χ3v) is 3.40. The molecule has 1 aromatic heterocycles. The van der Waals surface area contributed by atoms with Gasteiger partial charge in [0, 0.05) is 32.1 Å². The Morgan fingerprint density at radius 1 is 1.30 bits per heavy atom. The Kier molecular flexibility index (Phi) is 4.56. The van der Waals surface area contributed by atoms with E-state index in [1.807, 2.05) is 36.8 Å². The van der Waals surface area contributed by atoms with Gasteiger partial charge in [0.05, 0.1) is 12.4 Å². The van der Waals surface area contributed by atoms with Crippen LogP contribution in [0.1, 0.15) is 41.7 Å². The highest BCUT2D eigenvalue weighted by Crippen LogP contribution is 2.23. The summed E-state index contributed by atoms with van der Waals surface area (Å²) in [4.78, 5) is 17.6. The maximum Gasteiger partial charge on any atom is 0.253 e. The molecule has 2 aromatic rings. The zero-order valence-corrected chi connectivity index (χ0v) is 12.3. The summed E-state index contributed by atoms with van der Waals surface area (Å²) >= 11 is 0. The van der Waals surface area contributed by atoms with Gasteiger partial charge < -0.3 is 9.47 Å². The first-order valence-corrected chi connectivity index (χ1v) is 6.92. The minimum absolute atomic E-state index is 0.0335. The molecule has 0 saturated heterocycles. The summed E-state index contributed by atoms with van der Waals surface area (Å²) in [6, 6.07) is 8.16. The fourth-order valence-corrected chi connectivity index (χ4v) is 2.32. The molecule has 0 fully saturated rings. The molecule has 2 rings (SSSR count). The van der Waals surface area contributed by atoms with E-state index in [9.17, 15) is 4.79 Å². The number of imidazole rings is 1. The van der Waals surface area contributed by atoms with Gasteiger partial charge in [-0.15, -0.1) is 0 Å². The Morgan fingerprint density at radius 2 is 2.00 bits per heavy atom. The number of rotatable bonds is 5. The molecule has 0 aliphatic carbocycles. The van der Waals surface area contributed by atoms with Crippen LogP contribution in [0.3, 0.4) is 0 Å². The van der Waals surface area contributed by atoms with Crippen molar-refractivity contribution < 1.29 is 4.79 Å². The first kappa shape index (κ1) is 14.3. The van der Waals surface area contributed by atoms with Crippen molar-refractivity contribution in [1.29, 1.82) is 0 Å². The molecule has 1 heterocycles. The first-order valence-electron chi connectivity index (χ1n) is 6.92. The summed E-state index contributed by atoms with van der Waals surface area (Å²) in [6.45, 7) is 2.17. The van der Waals surface area contributed by atoms with Crippen molar-refractivity contribution in [3.8, 4) is 0 Å². The normalized spacial score (nSPS) is 12.2. The highest BCUT2D eigenvalue weighted by molar-refractivity contribution is 5.93. The van der Waals surface area contributed by atoms with E-state index in [0.717, 1.165) is 18.4 Å². The van der Waals surface area contributed by atoms with Gasteiger partial charge in [-0.2, -0.15) is 0 Å². The van der Waals surface area contributed by atoms with Crippen molar-refractivity contribution in [3.05, 3.63) is 54.1 Å². The molecule has 0 spiro atoms. The van der Waals surface area contributed by atoms with Gasteiger partial charge in [0.2, 0.25) is 0 Å². The number of hydrogen-bond donors (Lipinski definition) is 0. The van der Waals surface area contributed by atoms with E-state index in [2.05, 4.69) is 16.5 Å². The summed E-state index contributed by atoms with van der Waals surface area (Å²) in [5.41, 5.74) is 1.93. The maximum atomic E-state index is 11.9. The highest BCUT2D eigenvalue weighted by Gasteiger charge is 2.13. The lowest BCUT2D eigenvalue weighted by Crippen LogP contribution is -2.21. The van der Waals surface area contributed by atoms with E-state index in [-0.39, 0.29) is 11.9 Å². The quantitative estimate of drug-likeness (QED) is 0.838. The molecule has 1 atom stereocenters. The van der Waals surface area contributed by atoms with E-state index in [4.69, 9.17) is 0 Å². The van der Waals surface area contributed by atoms with Crippen LogP contribution in [0.15, 0.2) is 43.0 Å². The van der Waals surface area contributed by atoms with Crippen LogP contribution < -0.4 is 0 Å². The molecule has 0 bridgehead atoms. The fourth-order valence-electron chi connectivity index (χ4n) is 2.32. The number of benzene rings is 1. The van der Waals surface area contributed by atoms with E-state index < -0.39 is 0 Å². The molecular formula is C16H21N3O. The Labute approximate surface area is 120 Å². The summed E-state index contributed by atoms with van der Waals surface area (Å²) < 4.78 is 2.12. The number of amides is 1. The van der Waals surface area contributed by atoms with Gasteiger partial charge in [-0.25, -0.2) is 4.98 Å². The molecule has 0 saturated carbocycles. The van der Waals surface area contributed by atoms with Crippen LogP contribution in [0.25, 0.3) is 0 Å². The second-order valence-electron chi connectivity index (χ2n) is 5.14. The number of carbonyl (C=O) groups excluding carboxylic acids is 1. The number of carbonyl (C=O) groups is 1. The number of hydrogen-bond acceptors (Lipinski definition) is 2. The Morgan fingerprint density at radius 3 is 2.50 bits per heavy atom. The van der Waals surface area contributed by atoms with Crippen molar-refractivity contribution in [2.24, 2.45) is 0 Å². The lowest BCUT2D eigenvalue weighted by atomic mass is 10.0. The third-order valence-electron chi connectivity index (χ3n) is 3.40. The fraction of sp³-hybridized carbons (Fsp3) is 0.375. The first-order chi connectivity index (χ1) is 9.63. The number of nitrogens with zero attached hydrogens (tertiary/aromatic N) is 3. The van der Waals surface area contributed by atoms with Gasteiger partial charge in [0.1, 0.15) is 0 Å². The second kappa shape index (κ2) is 6.37. The zero-order chi connectivity index (χ0) is 14.5. The minimum Gasteiger partial charge on any atom is -0.345 e. The molecule has 4 heteroatoms. The smallest absolute Gasteiger partial charge is 0.253 e. The van der Waals surface area contributed by atoms with Gasteiger partial charge in [-0.3, -0.25) is 4.79 Å². The molecule has 20 heavy (non-hydrogen) atoms. The topological polar surface area (TPSA) is 38.1 Å². The average molecular weight is 271 g/mol. The van der Waals surface area contributed by atoms with E-state index in [1.54, 1.807) is 25.2 Å². The Hall–Kier alpha value is -2.10. The van der Waals surface area contributed by atoms with Gasteiger partial charge in [0.25, 0.3) is 5.91 Å². The van der Waals surface area contributed by atoms with E-state index >= 15 is 0 Å². The summed E-state index contributed by atoms with van der Waals surface area (Å²) in [7, 11) is 3.53. The predicted octanol–water partition coefficient (Wildman–Crippen LogP) is 2.97. The summed E-state index contributed by atoms with van der Waals surface area (Å²) in [5.74, 6) is 0.0335. The van der Waals surface area contributed by atoms with Gasteiger partial charge in [0.15, 0.2) is 0 Å². The molecule has 1 amide bonds. The van der Waals surface area contributed by atoms with Crippen molar-refractivity contribution in [2.45, 2.75) is 25.8 Å². The number of aromatic nitrogens is 2. The van der Waals surface area contributed by atoms with Crippen molar-refractivity contribution >= 4 is 5.91 Å².